The number of rotatable bonds is 9. The highest BCUT2D eigenvalue weighted by atomic mass is 79.9. The number of phenols is 1. The van der Waals surface area contributed by atoms with Crippen LogP contribution in [0, 0.1) is 5.92 Å². The van der Waals surface area contributed by atoms with Crippen LogP contribution in [0.15, 0.2) is 64.7 Å². The number of allylic oxidation sites excluding steroid dienone is 3. The van der Waals surface area contributed by atoms with Gasteiger partial charge in [-0.25, -0.2) is 4.79 Å². The lowest BCUT2D eigenvalue weighted by molar-refractivity contribution is 0.160. The Hall–Kier alpha value is -2.53. The molecule has 188 valence electrons. The highest BCUT2D eigenvalue weighted by Gasteiger charge is 2.31. The third kappa shape index (κ3) is 7.23. The number of unbranched alkanes of at least 4 members (excludes halogenated alkanes) is 2. The molecule has 35 heavy (non-hydrogen) atoms. The van der Waals surface area contributed by atoms with E-state index in [2.05, 4.69) is 42.4 Å². The first kappa shape index (κ1) is 27.1. The molecule has 1 aliphatic carbocycles. The van der Waals surface area contributed by atoms with Crippen LogP contribution in [-0.2, 0) is 13.0 Å². The summed E-state index contributed by atoms with van der Waals surface area (Å²) in [5, 5.41) is 11.2. The SMILES string of the molecule is C=C(C)[C@@H]1CCC(C)=C[C@H]1c1c(O)cc(CCCCC)cc1OC(=O)N(C)Cc1ccc(Br)cc1. The molecule has 1 aliphatic rings. The first-order chi connectivity index (χ1) is 16.7. The van der Waals surface area contributed by atoms with Gasteiger partial charge in [-0.05, 0) is 80.8 Å². The van der Waals surface area contributed by atoms with E-state index >= 15 is 0 Å². The fourth-order valence-electron chi connectivity index (χ4n) is 4.82. The van der Waals surface area contributed by atoms with Gasteiger partial charge in [0.1, 0.15) is 11.5 Å². The summed E-state index contributed by atoms with van der Waals surface area (Å²) in [5.41, 5.74) is 5.04. The maximum atomic E-state index is 13.2. The van der Waals surface area contributed by atoms with Gasteiger partial charge in [-0.1, -0.05) is 71.6 Å². The predicted octanol–water partition coefficient (Wildman–Crippen LogP) is 8.53. The van der Waals surface area contributed by atoms with Gasteiger partial charge in [-0.15, -0.1) is 0 Å². The summed E-state index contributed by atoms with van der Waals surface area (Å²) in [6.45, 7) is 11.0. The van der Waals surface area contributed by atoms with Crippen molar-refractivity contribution < 1.29 is 14.6 Å². The van der Waals surface area contributed by atoms with E-state index in [1.54, 1.807) is 11.9 Å². The number of aromatic hydroxyl groups is 1. The first-order valence-corrected chi connectivity index (χ1v) is 13.3. The Kier molecular flexibility index (Phi) is 9.62. The summed E-state index contributed by atoms with van der Waals surface area (Å²) in [6.07, 6.45) is 7.86. The van der Waals surface area contributed by atoms with Crippen molar-refractivity contribution in [1.29, 1.82) is 0 Å². The van der Waals surface area contributed by atoms with E-state index in [-0.39, 0.29) is 17.6 Å². The molecule has 0 heterocycles. The van der Waals surface area contributed by atoms with Crippen LogP contribution in [0.25, 0.3) is 0 Å². The van der Waals surface area contributed by atoms with E-state index in [4.69, 9.17) is 4.74 Å². The number of halogens is 1. The number of hydrogen-bond acceptors (Lipinski definition) is 3. The minimum atomic E-state index is -0.442. The molecule has 0 fully saturated rings. The minimum Gasteiger partial charge on any atom is -0.507 e. The van der Waals surface area contributed by atoms with E-state index in [0.29, 0.717) is 17.9 Å². The van der Waals surface area contributed by atoms with Crippen molar-refractivity contribution in [3.8, 4) is 11.5 Å². The van der Waals surface area contributed by atoms with E-state index in [0.717, 1.165) is 59.7 Å². The van der Waals surface area contributed by atoms with Crippen molar-refractivity contribution in [1.82, 2.24) is 4.90 Å². The number of hydrogen-bond donors (Lipinski definition) is 1. The molecule has 0 aliphatic heterocycles. The molecule has 2 aromatic carbocycles. The molecule has 0 spiro atoms. The number of phenolic OH excluding ortho intramolecular Hbond substituents is 1. The van der Waals surface area contributed by atoms with Gasteiger partial charge in [0.15, 0.2) is 0 Å². The maximum Gasteiger partial charge on any atom is 0.415 e. The number of ether oxygens (including phenoxy) is 1. The van der Waals surface area contributed by atoms with E-state index in [1.165, 1.54) is 5.57 Å². The van der Waals surface area contributed by atoms with Crippen molar-refractivity contribution in [3.05, 3.63) is 81.4 Å². The average Bonchev–Trinajstić information content (AvgIpc) is 2.80. The zero-order chi connectivity index (χ0) is 25.5. The van der Waals surface area contributed by atoms with Crippen molar-refractivity contribution in [2.75, 3.05) is 7.05 Å². The zero-order valence-corrected chi connectivity index (χ0v) is 23.0. The predicted molar refractivity (Wildman–Crippen MR) is 147 cm³/mol. The molecule has 0 aromatic heterocycles. The monoisotopic (exact) mass is 539 g/mol. The maximum absolute atomic E-state index is 13.2. The Morgan fingerprint density at radius 3 is 2.57 bits per heavy atom. The second-order valence-electron chi connectivity index (χ2n) is 9.86. The highest BCUT2D eigenvalue weighted by molar-refractivity contribution is 9.10. The number of carbonyl (C=O) groups excluding carboxylic acids is 1. The molecule has 0 radical (unpaired) electrons. The Morgan fingerprint density at radius 1 is 1.20 bits per heavy atom. The van der Waals surface area contributed by atoms with Crippen molar-refractivity contribution in [2.45, 2.75) is 71.8 Å². The van der Waals surface area contributed by atoms with Crippen LogP contribution < -0.4 is 4.74 Å². The summed E-state index contributed by atoms with van der Waals surface area (Å²) >= 11 is 3.45. The van der Waals surface area contributed by atoms with Crippen molar-refractivity contribution in [2.24, 2.45) is 5.92 Å². The number of carbonyl (C=O) groups is 1. The molecule has 0 saturated carbocycles. The number of amides is 1. The number of benzene rings is 2. The lowest BCUT2D eigenvalue weighted by Crippen LogP contribution is -2.30. The van der Waals surface area contributed by atoms with Gasteiger partial charge < -0.3 is 14.7 Å². The fourth-order valence-corrected chi connectivity index (χ4v) is 5.08. The Balaban J connectivity index is 1.94. The minimum absolute atomic E-state index is 0.0782. The van der Waals surface area contributed by atoms with Crippen LogP contribution in [0.5, 0.6) is 11.5 Å². The van der Waals surface area contributed by atoms with E-state index in [1.807, 2.05) is 43.3 Å². The number of aryl methyl sites for hydroxylation is 1. The molecule has 3 rings (SSSR count). The molecule has 2 atom stereocenters. The summed E-state index contributed by atoms with van der Waals surface area (Å²) < 4.78 is 7.00. The molecular formula is C30H38BrNO3. The lowest BCUT2D eigenvalue weighted by atomic mass is 9.73. The summed E-state index contributed by atoms with van der Waals surface area (Å²) in [7, 11) is 1.73. The molecule has 0 saturated heterocycles. The Morgan fingerprint density at radius 2 is 1.91 bits per heavy atom. The first-order valence-electron chi connectivity index (χ1n) is 12.6. The second-order valence-corrected chi connectivity index (χ2v) is 10.8. The quantitative estimate of drug-likeness (QED) is 0.256. The van der Waals surface area contributed by atoms with Crippen molar-refractivity contribution >= 4 is 22.0 Å². The standard InChI is InChI=1S/C30H38BrNO3/c1-6-7-8-9-23-17-27(33)29(26-16-21(4)10-15-25(26)20(2)3)28(18-23)35-30(34)32(5)19-22-11-13-24(31)14-12-22/h11-14,16-18,25-26,33H,2,6-10,15,19H2,1,3-5H3/t25-,26+/m0/s1. The molecule has 1 N–H and O–H groups in total. The van der Waals surface area contributed by atoms with Gasteiger partial charge in [0.2, 0.25) is 0 Å². The smallest absolute Gasteiger partial charge is 0.415 e. The lowest BCUT2D eigenvalue weighted by Gasteiger charge is -2.32. The van der Waals surface area contributed by atoms with Crippen LogP contribution in [0.2, 0.25) is 0 Å². The molecule has 4 nitrogen and oxygen atoms in total. The van der Waals surface area contributed by atoms with Crippen LogP contribution in [0.1, 0.15) is 75.5 Å². The second kappa shape index (κ2) is 12.4. The van der Waals surface area contributed by atoms with Gasteiger partial charge in [-0.2, -0.15) is 0 Å². The Bertz CT molecular complexity index is 1070. The topological polar surface area (TPSA) is 49.8 Å². The third-order valence-corrected chi connectivity index (χ3v) is 7.33. The molecule has 0 bridgehead atoms. The molecule has 5 heteroatoms. The van der Waals surface area contributed by atoms with Gasteiger partial charge in [-0.3, -0.25) is 0 Å². The third-order valence-electron chi connectivity index (χ3n) is 6.80. The summed E-state index contributed by atoms with van der Waals surface area (Å²) in [4.78, 5) is 14.7. The van der Waals surface area contributed by atoms with Gasteiger partial charge >= 0.3 is 6.09 Å². The summed E-state index contributed by atoms with van der Waals surface area (Å²) in [5.74, 6) is 0.755. The van der Waals surface area contributed by atoms with Crippen LogP contribution in [0.4, 0.5) is 4.79 Å². The van der Waals surface area contributed by atoms with Gasteiger partial charge in [0, 0.05) is 29.5 Å². The molecule has 0 unspecified atom stereocenters. The molecule has 1 amide bonds. The largest absolute Gasteiger partial charge is 0.507 e. The van der Waals surface area contributed by atoms with Gasteiger partial charge in [0.25, 0.3) is 0 Å². The molecular weight excluding hydrogens is 502 g/mol. The zero-order valence-electron chi connectivity index (χ0n) is 21.4. The Labute approximate surface area is 218 Å². The van der Waals surface area contributed by atoms with Crippen LogP contribution in [-0.4, -0.2) is 23.1 Å². The van der Waals surface area contributed by atoms with E-state index < -0.39 is 6.09 Å². The van der Waals surface area contributed by atoms with Crippen molar-refractivity contribution in [3.63, 3.8) is 0 Å². The number of nitrogens with zero attached hydrogens (tertiary/aromatic N) is 1. The normalized spacial score (nSPS) is 17.6. The fraction of sp³-hybridized carbons (Fsp3) is 0.433. The molecule has 2 aromatic rings. The van der Waals surface area contributed by atoms with E-state index in [9.17, 15) is 9.90 Å². The average molecular weight is 541 g/mol. The van der Waals surface area contributed by atoms with Crippen LogP contribution in [0.3, 0.4) is 0 Å². The van der Waals surface area contributed by atoms with Gasteiger partial charge in [0.05, 0.1) is 0 Å². The summed E-state index contributed by atoms with van der Waals surface area (Å²) in [6, 6.07) is 11.7. The highest BCUT2D eigenvalue weighted by Crippen LogP contribution is 2.47. The van der Waals surface area contributed by atoms with Crippen LogP contribution >= 0.6 is 15.9 Å².